The highest BCUT2D eigenvalue weighted by Crippen LogP contribution is 2.14. The van der Waals surface area contributed by atoms with Crippen LogP contribution in [-0.2, 0) is 25.9 Å². The molecule has 2 aromatic heterocycles. The van der Waals surface area contributed by atoms with Crippen LogP contribution in [0.3, 0.4) is 0 Å². The minimum Gasteiger partial charge on any atom is -0.337 e. The van der Waals surface area contributed by atoms with E-state index in [1.807, 2.05) is 0 Å². The van der Waals surface area contributed by atoms with Crippen LogP contribution in [0.2, 0.25) is 0 Å². The van der Waals surface area contributed by atoms with Gasteiger partial charge in [0.25, 0.3) is 6.43 Å². The van der Waals surface area contributed by atoms with Crippen LogP contribution in [0.25, 0.3) is 0 Å². The number of carbonyl (C=O) groups is 1. The van der Waals surface area contributed by atoms with Crippen LogP contribution >= 0.6 is 0 Å². The summed E-state index contributed by atoms with van der Waals surface area (Å²) in [7, 11) is 0. The lowest BCUT2D eigenvalue weighted by Gasteiger charge is -2.08. The van der Waals surface area contributed by atoms with Crippen molar-refractivity contribution in [2.75, 3.05) is 11.9 Å². The maximum absolute atomic E-state index is 12.3. The van der Waals surface area contributed by atoms with Crippen molar-refractivity contribution >= 4 is 11.7 Å². The number of aryl methyl sites for hydroxylation is 1. The zero-order valence-electron chi connectivity index (χ0n) is 13.8. The molecule has 2 aromatic rings. The molecule has 2 N–H and O–H groups in total. The SMILES string of the molecule is O=C(NCCc1nnc2n1CCCCC2)Nc1cnn(CC(F)F)c1. The van der Waals surface area contributed by atoms with Gasteiger partial charge in [-0.2, -0.15) is 5.10 Å². The van der Waals surface area contributed by atoms with Crippen molar-refractivity contribution in [1.29, 1.82) is 0 Å². The topological polar surface area (TPSA) is 89.7 Å². The Kier molecular flexibility index (Phi) is 5.56. The first-order valence-electron chi connectivity index (χ1n) is 8.38. The fraction of sp³-hybridized carbons (Fsp3) is 0.600. The normalized spacial score (nSPS) is 14.2. The van der Waals surface area contributed by atoms with Crippen LogP contribution in [0.4, 0.5) is 19.3 Å². The number of urea groups is 1. The Morgan fingerprint density at radius 1 is 1.28 bits per heavy atom. The van der Waals surface area contributed by atoms with Crippen LogP contribution < -0.4 is 10.6 Å². The summed E-state index contributed by atoms with van der Waals surface area (Å²) >= 11 is 0. The van der Waals surface area contributed by atoms with E-state index in [1.54, 1.807) is 0 Å². The van der Waals surface area contributed by atoms with Gasteiger partial charge in [-0.25, -0.2) is 13.6 Å². The number of hydrogen-bond acceptors (Lipinski definition) is 4. The first-order valence-corrected chi connectivity index (χ1v) is 8.38. The lowest BCUT2D eigenvalue weighted by Crippen LogP contribution is -2.30. The second-order valence-corrected chi connectivity index (χ2v) is 5.97. The van der Waals surface area contributed by atoms with E-state index in [0.29, 0.717) is 18.7 Å². The molecule has 3 heterocycles. The van der Waals surface area contributed by atoms with Gasteiger partial charge in [0.2, 0.25) is 0 Å². The number of rotatable bonds is 6. The van der Waals surface area contributed by atoms with Gasteiger partial charge in [-0.1, -0.05) is 6.42 Å². The number of fused-ring (bicyclic) bond motifs is 1. The molecule has 1 aliphatic rings. The van der Waals surface area contributed by atoms with Gasteiger partial charge in [0.15, 0.2) is 0 Å². The van der Waals surface area contributed by atoms with Gasteiger partial charge >= 0.3 is 6.03 Å². The molecule has 25 heavy (non-hydrogen) atoms. The highest BCUT2D eigenvalue weighted by Gasteiger charge is 2.14. The Hall–Kier alpha value is -2.52. The molecule has 0 saturated heterocycles. The molecule has 0 spiro atoms. The van der Waals surface area contributed by atoms with Crippen LogP contribution in [0.5, 0.6) is 0 Å². The Labute approximate surface area is 143 Å². The van der Waals surface area contributed by atoms with Gasteiger partial charge in [-0.3, -0.25) is 4.68 Å². The van der Waals surface area contributed by atoms with Gasteiger partial charge in [-0.15, -0.1) is 10.2 Å². The number of aromatic nitrogens is 5. The summed E-state index contributed by atoms with van der Waals surface area (Å²) < 4.78 is 27.8. The van der Waals surface area contributed by atoms with Crippen molar-refractivity contribution in [2.24, 2.45) is 0 Å². The lowest BCUT2D eigenvalue weighted by atomic mass is 10.2. The molecule has 8 nitrogen and oxygen atoms in total. The Balaban J connectivity index is 1.45. The van der Waals surface area contributed by atoms with E-state index < -0.39 is 19.0 Å². The number of halogens is 2. The van der Waals surface area contributed by atoms with E-state index in [0.717, 1.165) is 42.1 Å². The van der Waals surface area contributed by atoms with E-state index in [-0.39, 0.29) is 0 Å². The zero-order valence-corrected chi connectivity index (χ0v) is 13.8. The molecule has 0 bridgehead atoms. The predicted molar refractivity (Wildman–Crippen MR) is 86.5 cm³/mol. The number of nitrogens with zero attached hydrogens (tertiary/aromatic N) is 5. The average Bonchev–Trinajstić information content (AvgIpc) is 3.07. The highest BCUT2D eigenvalue weighted by atomic mass is 19.3. The Morgan fingerprint density at radius 3 is 3.00 bits per heavy atom. The minimum atomic E-state index is -2.49. The number of alkyl halides is 2. The molecule has 0 aromatic carbocycles. The number of hydrogen-bond donors (Lipinski definition) is 2. The summed E-state index contributed by atoms with van der Waals surface area (Å²) in [5, 5.41) is 17.5. The van der Waals surface area contributed by atoms with Crippen molar-refractivity contribution in [2.45, 2.75) is 51.6 Å². The van der Waals surface area contributed by atoms with Gasteiger partial charge in [0, 0.05) is 32.1 Å². The van der Waals surface area contributed by atoms with E-state index in [2.05, 4.69) is 30.5 Å². The van der Waals surface area contributed by atoms with Gasteiger partial charge in [-0.05, 0) is 12.8 Å². The molecule has 10 heteroatoms. The molecule has 0 atom stereocenters. The summed E-state index contributed by atoms with van der Waals surface area (Å²) in [4.78, 5) is 11.9. The predicted octanol–water partition coefficient (Wildman–Crippen LogP) is 1.83. The summed E-state index contributed by atoms with van der Waals surface area (Å²) in [6.45, 7) is 0.837. The first-order chi connectivity index (χ1) is 12.1. The van der Waals surface area contributed by atoms with Crippen molar-refractivity contribution in [3.8, 4) is 0 Å². The van der Waals surface area contributed by atoms with Crippen molar-refractivity contribution in [3.63, 3.8) is 0 Å². The smallest absolute Gasteiger partial charge is 0.319 e. The molecule has 0 unspecified atom stereocenters. The second kappa shape index (κ2) is 8.04. The van der Waals surface area contributed by atoms with E-state index in [4.69, 9.17) is 0 Å². The van der Waals surface area contributed by atoms with Crippen molar-refractivity contribution < 1.29 is 13.6 Å². The molecular formula is C15H21F2N7O. The maximum atomic E-state index is 12.3. The summed E-state index contributed by atoms with van der Waals surface area (Å²) in [6, 6.07) is -0.410. The largest absolute Gasteiger partial charge is 0.337 e. The van der Waals surface area contributed by atoms with E-state index >= 15 is 0 Å². The molecule has 136 valence electrons. The third kappa shape index (κ3) is 4.74. The minimum absolute atomic E-state index is 0.370. The summed E-state index contributed by atoms with van der Waals surface area (Å²) in [5.74, 6) is 1.89. The van der Waals surface area contributed by atoms with Gasteiger partial charge in [0.05, 0.1) is 11.9 Å². The molecule has 3 rings (SSSR count). The lowest BCUT2D eigenvalue weighted by molar-refractivity contribution is 0.122. The number of anilines is 1. The van der Waals surface area contributed by atoms with Crippen LogP contribution in [0.15, 0.2) is 12.4 Å². The Bertz CT molecular complexity index is 713. The van der Waals surface area contributed by atoms with Crippen LogP contribution in [-0.4, -0.2) is 43.5 Å². The molecule has 0 aliphatic carbocycles. The number of amides is 2. The van der Waals surface area contributed by atoms with Crippen molar-refractivity contribution in [3.05, 3.63) is 24.0 Å². The maximum Gasteiger partial charge on any atom is 0.319 e. The van der Waals surface area contributed by atoms with Crippen LogP contribution in [0, 0.1) is 0 Å². The number of nitrogens with one attached hydrogen (secondary N) is 2. The fourth-order valence-corrected chi connectivity index (χ4v) is 2.86. The molecule has 2 amide bonds. The average molecular weight is 353 g/mol. The molecule has 0 fully saturated rings. The third-order valence-corrected chi connectivity index (χ3v) is 4.04. The van der Waals surface area contributed by atoms with Gasteiger partial charge in [0.1, 0.15) is 18.2 Å². The summed E-state index contributed by atoms with van der Waals surface area (Å²) in [5.41, 5.74) is 0.370. The summed E-state index contributed by atoms with van der Waals surface area (Å²) in [6.07, 6.45) is 5.20. The fourth-order valence-electron chi connectivity index (χ4n) is 2.86. The number of carbonyl (C=O) groups excluding carboxylic acids is 1. The monoisotopic (exact) mass is 353 g/mol. The quantitative estimate of drug-likeness (QED) is 0.829. The second-order valence-electron chi connectivity index (χ2n) is 5.97. The molecule has 0 radical (unpaired) electrons. The zero-order chi connectivity index (χ0) is 17.6. The van der Waals surface area contributed by atoms with Crippen LogP contribution in [0.1, 0.15) is 30.9 Å². The third-order valence-electron chi connectivity index (χ3n) is 4.04. The van der Waals surface area contributed by atoms with E-state index in [9.17, 15) is 13.6 Å². The Morgan fingerprint density at radius 2 is 2.16 bits per heavy atom. The molecular weight excluding hydrogens is 332 g/mol. The standard InChI is InChI=1S/C15H21F2N7O/c16-12(17)10-23-9-11(8-19-23)20-15(25)18-6-5-14-22-21-13-4-2-1-3-7-24(13)14/h8-9,12H,1-7,10H2,(H2,18,20,25). The van der Waals surface area contributed by atoms with Crippen molar-refractivity contribution in [1.82, 2.24) is 29.9 Å². The molecule has 1 aliphatic heterocycles. The molecule has 0 saturated carbocycles. The van der Waals surface area contributed by atoms with Gasteiger partial charge < -0.3 is 15.2 Å². The first kappa shape index (κ1) is 17.3. The van der Waals surface area contributed by atoms with E-state index in [1.165, 1.54) is 18.8 Å². The highest BCUT2D eigenvalue weighted by molar-refractivity contribution is 5.88.